The first-order valence-corrected chi connectivity index (χ1v) is 8.31. The minimum absolute atomic E-state index is 0.178. The van der Waals surface area contributed by atoms with Gasteiger partial charge in [0.05, 0.1) is 0 Å². The molecule has 3 heteroatoms. The van der Waals surface area contributed by atoms with Crippen LogP contribution in [0, 0.1) is 23.2 Å². The first-order chi connectivity index (χ1) is 9.63. The largest absolute Gasteiger partial charge is 0.352 e. The molecule has 5 fully saturated rings. The molecular formula is C17H26N2O. The van der Waals surface area contributed by atoms with Crippen molar-refractivity contribution >= 4 is 5.91 Å². The van der Waals surface area contributed by atoms with Crippen LogP contribution in [0.15, 0.2) is 11.1 Å². The van der Waals surface area contributed by atoms with Crippen molar-refractivity contribution in [3.05, 3.63) is 11.1 Å². The van der Waals surface area contributed by atoms with Crippen molar-refractivity contribution in [3.8, 4) is 0 Å². The van der Waals surface area contributed by atoms with E-state index in [9.17, 15) is 4.79 Å². The van der Waals surface area contributed by atoms with Crippen LogP contribution in [0.5, 0.6) is 0 Å². The van der Waals surface area contributed by atoms with Gasteiger partial charge in [-0.05, 0) is 74.2 Å². The maximum atomic E-state index is 12.3. The van der Waals surface area contributed by atoms with E-state index < -0.39 is 0 Å². The summed E-state index contributed by atoms with van der Waals surface area (Å²) in [5.41, 5.74) is 2.69. The number of hydrogen-bond acceptors (Lipinski definition) is 2. The van der Waals surface area contributed by atoms with Gasteiger partial charge in [-0.1, -0.05) is 0 Å². The second kappa shape index (κ2) is 4.59. The quantitative estimate of drug-likeness (QED) is 0.775. The fourth-order valence-electron chi connectivity index (χ4n) is 5.58. The van der Waals surface area contributed by atoms with Gasteiger partial charge in [0.2, 0.25) is 5.91 Å². The molecule has 20 heavy (non-hydrogen) atoms. The second-order valence-electron chi connectivity index (χ2n) is 7.93. The molecule has 4 bridgehead atoms. The van der Waals surface area contributed by atoms with Crippen molar-refractivity contribution in [2.24, 2.45) is 23.2 Å². The molecule has 4 saturated carbocycles. The van der Waals surface area contributed by atoms with Gasteiger partial charge in [0.15, 0.2) is 0 Å². The standard InChI is InChI=1S/C17H26N2O/c1-11(15-8-18-9-15)16(20)19-10-17-5-12-2-13(6-17)4-14(3-12)7-17/h12-14,18H,2-10H2,1H3,(H,19,20). The monoisotopic (exact) mass is 274 g/mol. The maximum Gasteiger partial charge on any atom is 0.246 e. The summed E-state index contributed by atoms with van der Waals surface area (Å²) >= 11 is 0. The Morgan fingerprint density at radius 2 is 1.70 bits per heavy atom. The predicted molar refractivity (Wildman–Crippen MR) is 79.2 cm³/mol. The van der Waals surface area contributed by atoms with Crippen molar-refractivity contribution in [2.75, 3.05) is 19.6 Å². The SMILES string of the molecule is CC(C(=O)NCC12CC3CC(CC(C3)C1)C2)=C1CNC1. The zero-order valence-electron chi connectivity index (χ0n) is 12.5. The number of hydrogen-bond donors (Lipinski definition) is 2. The summed E-state index contributed by atoms with van der Waals surface area (Å²) in [5, 5.41) is 6.47. The van der Waals surface area contributed by atoms with Gasteiger partial charge in [0, 0.05) is 25.2 Å². The van der Waals surface area contributed by atoms with Crippen LogP contribution >= 0.6 is 0 Å². The Morgan fingerprint density at radius 1 is 1.15 bits per heavy atom. The van der Waals surface area contributed by atoms with E-state index in [1.54, 1.807) is 0 Å². The van der Waals surface area contributed by atoms with E-state index in [4.69, 9.17) is 0 Å². The van der Waals surface area contributed by atoms with E-state index >= 15 is 0 Å². The van der Waals surface area contributed by atoms with Gasteiger partial charge in [-0.15, -0.1) is 0 Å². The molecule has 0 atom stereocenters. The zero-order chi connectivity index (χ0) is 13.7. The lowest BCUT2D eigenvalue weighted by Crippen LogP contribution is -2.51. The number of rotatable bonds is 3. The van der Waals surface area contributed by atoms with Crippen LogP contribution in [0.25, 0.3) is 0 Å². The molecule has 0 radical (unpaired) electrons. The lowest BCUT2D eigenvalue weighted by atomic mass is 9.49. The molecule has 1 saturated heterocycles. The van der Waals surface area contributed by atoms with Gasteiger partial charge >= 0.3 is 0 Å². The lowest BCUT2D eigenvalue weighted by Gasteiger charge is -2.56. The lowest BCUT2D eigenvalue weighted by molar-refractivity contribution is -0.119. The third kappa shape index (κ3) is 2.11. The first-order valence-electron chi connectivity index (χ1n) is 8.31. The molecule has 5 rings (SSSR count). The number of carbonyl (C=O) groups excluding carboxylic acids is 1. The summed E-state index contributed by atoms with van der Waals surface area (Å²) in [6, 6.07) is 0. The molecule has 0 aromatic heterocycles. The summed E-state index contributed by atoms with van der Waals surface area (Å²) in [6.45, 7) is 4.70. The van der Waals surface area contributed by atoms with E-state index in [2.05, 4.69) is 10.6 Å². The van der Waals surface area contributed by atoms with Crippen LogP contribution in [-0.4, -0.2) is 25.5 Å². The fourth-order valence-corrected chi connectivity index (χ4v) is 5.58. The molecule has 4 aliphatic carbocycles. The Hall–Kier alpha value is -0.830. The van der Waals surface area contributed by atoms with Crippen molar-refractivity contribution in [1.29, 1.82) is 0 Å². The van der Waals surface area contributed by atoms with Crippen LogP contribution in [0.4, 0.5) is 0 Å². The molecule has 110 valence electrons. The molecule has 1 heterocycles. The smallest absolute Gasteiger partial charge is 0.246 e. The Bertz CT molecular complexity index is 424. The average molecular weight is 274 g/mol. The molecule has 0 aromatic rings. The Morgan fingerprint density at radius 3 is 2.15 bits per heavy atom. The summed E-state index contributed by atoms with van der Waals surface area (Å²) in [5.74, 6) is 3.08. The van der Waals surface area contributed by atoms with E-state index in [1.807, 2.05) is 6.92 Å². The number of carbonyl (C=O) groups is 1. The highest BCUT2D eigenvalue weighted by Gasteiger charge is 2.50. The van der Waals surface area contributed by atoms with Crippen LogP contribution in [0.3, 0.4) is 0 Å². The molecule has 1 amide bonds. The molecule has 0 aromatic carbocycles. The minimum Gasteiger partial charge on any atom is -0.352 e. The molecule has 0 unspecified atom stereocenters. The minimum atomic E-state index is 0.178. The van der Waals surface area contributed by atoms with Crippen molar-refractivity contribution in [3.63, 3.8) is 0 Å². The Labute approximate surface area is 121 Å². The summed E-state index contributed by atoms with van der Waals surface area (Å²) in [6.07, 6.45) is 8.54. The van der Waals surface area contributed by atoms with Gasteiger partial charge < -0.3 is 10.6 Å². The van der Waals surface area contributed by atoms with Gasteiger partial charge in [-0.3, -0.25) is 4.79 Å². The normalized spacial score (nSPS) is 41.5. The van der Waals surface area contributed by atoms with Crippen molar-refractivity contribution in [1.82, 2.24) is 10.6 Å². The topological polar surface area (TPSA) is 41.1 Å². The van der Waals surface area contributed by atoms with Crippen LogP contribution in [-0.2, 0) is 4.79 Å². The fraction of sp³-hybridized carbons (Fsp3) is 0.824. The van der Waals surface area contributed by atoms with Gasteiger partial charge in [-0.25, -0.2) is 0 Å². The summed E-state index contributed by atoms with van der Waals surface area (Å²) in [4.78, 5) is 12.3. The number of amides is 1. The summed E-state index contributed by atoms with van der Waals surface area (Å²) in [7, 11) is 0. The molecular weight excluding hydrogens is 248 g/mol. The highest BCUT2D eigenvalue weighted by molar-refractivity contribution is 5.94. The van der Waals surface area contributed by atoms with E-state index in [0.717, 1.165) is 43.0 Å². The van der Waals surface area contributed by atoms with Crippen LogP contribution in [0.2, 0.25) is 0 Å². The van der Waals surface area contributed by atoms with Crippen molar-refractivity contribution in [2.45, 2.75) is 45.4 Å². The Kier molecular flexibility index (Phi) is 2.95. The van der Waals surface area contributed by atoms with Crippen LogP contribution in [0.1, 0.15) is 45.4 Å². The Balaban J connectivity index is 1.41. The third-order valence-corrected chi connectivity index (χ3v) is 6.34. The van der Waals surface area contributed by atoms with E-state index in [1.165, 1.54) is 44.1 Å². The highest BCUT2D eigenvalue weighted by atomic mass is 16.1. The highest BCUT2D eigenvalue weighted by Crippen LogP contribution is 2.59. The van der Waals surface area contributed by atoms with E-state index in [0.29, 0.717) is 5.41 Å². The van der Waals surface area contributed by atoms with E-state index in [-0.39, 0.29) is 5.91 Å². The predicted octanol–water partition coefficient (Wildman–Crippen LogP) is 2.24. The maximum absolute atomic E-state index is 12.3. The van der Waals surface area contributed by atoms with Crippen molar-refractivity contribution < 1.29 is 4.79 Å². The molecule has 1 aliphatic heterocycles. The number of nitrogens with one attached hydrogen (secondary N) is 2. The zero-order valence-corrected chi connectivity index (χ0v) is 12.5. The molecule has 0 spiro atoms. The first kappa shape index (κ1) is 12.9. The van der Waals surface area contributed by atoms with Gasteiger partial charge in [0.1, 0.15) is 0 Å². The molecule has 3 nitrogen and oxygen atoms in total. The summed E-state index contributed by atoms with van der Waals surface area (Å²) < 4.78 is 0. The van der Waals surface area contributed by atoms with Gasteiger partial charge in [0.25, 0.3) is 0 Å². The van der Waals surface area contributed by atoms with Crippen LogP contribution < -0.4 is 10.6 Å². The molecule has 5 aliphatic rings. The second-order valence-corrected chi connectivity index (χ2v) is 7.93. The molecule has 2 N–H and O–H groups in total. The van der Waals surface area contributed by atoms with Gasteiger partial charge in [-0.2, -0.15) is 0 Å². The third-order valence-electron chi connectivity index (χ3n) is 6.34. The average Bonchev–Trinajstić information content (AvgIpc) is 2.32.